The topological polar surface area (TPSA) is 83.5 Å². The molecule has 138 valence electrons. The Bertz CT molecular complexity index is 720. The number of anilines is 1. The first-order valence-electron chi connectivity index (χ1n) is 8.99. The predicted molar refractivity (Wildman–Crippen MR) is 96.5 cm³/mol. The lowest BCUT2D eigenvalue weighted by atomic mass is 9.99. The maximum atomic E-state index is 12.7. The number of sulfone groups is 1. The van der Waals surface area contributed by atoms with E-state index in [4.69, 9.17) is 0 Å². The fraction of sp³-hybridized carbons (Fsp3) is 0.706. The SMILES string of the molecule is CCC1CCCCN1C(=O)c1ccc(N(C)C2CCS(=O)(=O)C2)nn1. The van der Waals surface area contributed by atoms with Crippen molar-refractivity contribution >= 4 is 21.6 Å². The van der Waals surface area contributed by atoms with Crippen molar-refractivity contribution in [3.63, 3.8) is 0 Å². The quantitative estimate of drug-likeness (QED) is 0.803. The second kappa shape index (κ2) is 7.27. The van der Waals surface area contributed by atoms with Gasteiger partial charge < -0.3 is 9.80 Å². The lowest BCUT2D eigenvalue weighted by Crippen LogP contribution is -2.43. The van der Waals surface area contributed by atoms with Gasteiger partial charge in [-0.3, -0.25) is 4.79 Å². The van der Waals surface area contributed by atoms with E-state index in [1.165, 1.54) is 6.42 Å². The lowest BCUT2D eigenvalue weighted by Gasteiger charge is -2.35. The number of hydrogen-bond acceptors (Lipinski definition) is 6. The first kappa shape index (κ1) is 18.1. The van der Waals surface area contributed by atoms with Crippen molar-refractivity contribution in [3.05, 3.63) is 17.8 Å². The third kappa shape index (κ3) is 3.94. The number of nitrogens with zero attached hydrogens (tertiary/aromatic N) is 4. The predicted octanol–water partition coefficient (Wildman–Crippen LogP) is 1.50. The van der Waals surface area contributed by atoms with Gasteiger partial charge in [0.1, 0.15) is 0 Å². The number of amides is 1. The fourth-order valence-corrected chi connectivity index (χ4v) is 5.51. The first-order chi connectivity index (χ1) is 11.9. The molecule has 0 saturated carbocycles. The van der Waals surface area contributed by atoms with E-state index in [9.17, 15) is 13.2 Å². The molecule has 1 aromatic heterocycles. The summed E-state index contributed by atoms with van der Waals surface area (Å²) < 4.78 is 23.3. The van der Waals surface area contributed by atoms with Crippen LogP contribution in [-0.4, -0.2) is 66.6 Å². The maximum absolute atomic E-state index is 12.7. The van der Waals surface area contributed by atoms with Gasteiger partial charge >= 0.3 is 0 Å². The maximum Gasteiger partial charge on any atom is 0.274 e. The number of hydrogen-bond donors (Lipinski definition) is 0. The summed E-state index contributed by atoms with van der Waals surface area (Å²) in [5, 5.41) is 8.29. The van der Waals surface area contributed by atoms with Crippen LogP contribution in [-0.2, 0) is 9.84 Å². The molecular weight excluding hydrogens is 340 g/mol. The van der Waals surface area contributed by atoms with Gasteiger partial charge in [-0.25, -0.2) is 8.42 Å². The first-order valence-corrected chi connectivity index (χ1v) is 10.8. The molecule has 8 heteroatoms. The summed E-state index contributed by atoms with van der Waals surface area (Å²) in [5.74, 6) is 0.915. The monoisotopic (exact) mass is 366 g/mol. The van der Waals surface area contributed by atoms with Crippen molar-refractivity contribution < 1.29 is 13.2 Å². The number of carbonyl (C=O) groups excluding carboxylic acids is 1. The van der Waals surface area contributed by atoms with Crippen LogP contribution < -0.4 is 4.90 Å². The van der Waals surface area contributed by atoms with E-state index >= 15 is 0 Å². The summed E-state index contributed by atoms with van der Waals surface area (Å²) in [5.41, 5.74) is 0.358. The van der Waals surface area contributed by atoms with Crippen LogP contribution in [0.4, 0.5) is 5.82 Å². The van der Waals surface area contributed by atoms with Crippen LogP contribution in [0.15, 0.2) is 12.1 Å². The molecular formula is C17H26N4O3S. The van der Waals surface area contributed by atoms with Crippen molar-refractivity contribution in [1.82, 2.24) is 15.1 Å². The summed E-state index contributed by atoms with van der Waals surface area (Å²) >= 11 is 0. The van der Waals surface area contributed by atoms with Crippen LogP contribution >= 0.6 is 0 Å². The van der Waals surface area contributed by atoms with Gasteiger partial charge in [0, 0.05) is 25.7 Å². The summed E-state index contributed by atoms with van der Waals surface area (Å²) in [7, 11) is -1.12. The minimum atomic E-state index is -2.94. The van der Waals surface area contributed by atoms with Crippen LogP contribution in [0.3, 0.4) is 0 Å². The van der Waals surface area contributed by atoms with Gasteiger partial charge in [0.15, 0.2) is 21.3 Å². The Hall–Kier alpha value is -1.70. The second-order valence-electron chi connectivity index (χ2n) is 7.00. The standard InChI is InChI=1S/C17H26N4O3S/c1-3-13-6-4-5-10-21(13)17(22)15-7-8-16(19-18-15)20(2)14-9-11-25(23,24)12-14/h7-8,13-14H,3-6,9-12H2,1-2H3. The molecule has 7 nitrogen and oxygen atoms in total. The third-order valence-electron chi connectivity index (χ3n) is 5.35. The van der Waals surface area contributed by atoms with Gasteiger partial charge in [0.2, 0.25) is 0 Å². The molecule has 3 rings (SSSR count). The molecule has 0 radical (unpaired) electrons. The molecule has 0 spiro atoms. The van der Waals surface area contributed by atoms with Gasteiger partial charge in [-0.2, -0.15) is 0 Å². The fourth-order valence-electron chi connectivity index (χ4n) is 3.73. The molecule has 2 aliphatic rings. The lowest BCUT2D eigenvalue weighted by molar-refractivity contribution is 0.0600. The Morgan fingerprint density at radius 2 is 2.08 bits per heavy atom. The largest absolute Gasteiger partial charge is 0.354 e. The molecule has 25 heavy (non-hydrogen) atoms. The van der Waals surface area contributed by atoms with E-state index in [0.717, 1.165) is 25.8 Å². The van der Waals surface area contributed by atoms with E-state index in [1.54, 1.807) is 12.1 Å². The smallest absolute Gasteiger partial charge is 0.274 e. The highest BCUT2D eigenvalue weighted by Crippen LogP contribution is 2.23. The number of rotatable bonds is 4. The molecule has 0 bridgehead atoms. The molecule has 2 unspecified atom stereocenters. The van der Waals surface area contributed by atoms with E-state index < -0.39 is 9.84 Å². The molecule has 2 atom stereocenters. The van der Waals surface area contributed by atoms with Crippen molar-refractivity contribution in [2.45, 2.75) is 51.1 Å². The summed E-state index contributed by atoms with van der Waals surface area (Å²) in [6.07, 6.45) is 4.81. The van der Waals surface area contributed by atoms with Gasteiger partial charge in [-0.15, -0.1) is 10.2 Å². The Kier molecular flexibility index (Phi) is 5.27. The highest BCUT2D eigenvalue weighted by Gasteiger charge is 2.32. The summed E-state index contributed by atoms with van der Waals surface area (Å²) in [6, 6.07) is 3.67. The van der Waals surface area contributed by atoms with Gasteiger partial charge in [0.25, 0.3) is 5.91 Å². The number of piperidine rings is 1. The Morgan fingerprint density at radius 3 is 2.68 bits per heavy atom. The van der Waals surface area contributed by atoms with Crippen molar-refractivity contribution in [3.8, 4) is 0 Å². The molecule has 0 aliphatic carbocycles. The minimum Gasteiger partial charge on any atom is -0.354 e. The van der Waals surface area contributed by atoms with E-state index in [2.05, 4.69) is 17.1 Å². The Balaban J connectivity index is 1.70. The van der Waals surface area contributed by atoms with Crippen LogP contribution in [0.5, 0.6) is 0 Å². The van der Waals surface area contributed by atoms with E-state index in [1.807, 2.05) is 16.8 Å². The average Bonchev–Trinajstić information content (AvgIpc) is 3.00. The summed E-state index contributed by atoms with van der Waals surface area (Å²) in [4.78, 5) is 16.5. The Labute approximate surface area is 149 Å². The highest BCUT2D eigenvalue weighted by atomic mass is 32.2. The van der Waals surface area contributed by atoms with E-state index in [0.29, 0.717) is 17.9 Å². The minimum absolute atomic E-state index is 0.0586. The molecule has 1 amide bonds. The van der Waals surface area contributed by atoms with Gasteiger partial charge in [-0.05, 0) is 44.2 Å². The van der Waals surface area contributed by atoms with E-state index in [-0.39, 0.29) is 29.5 Å². The molecule has 2 saturated heterocycles. The van der Waals surface area contributed by atoms with Gasteiger partial charge in [-0.1, -0.05) is 6.92 Å². The summed E-state index contributed by atoms with van der Waals surface area (Å²) in [6.45, 7) is 2.89. The van der Waals surface area contributed by atoms with Gasteiger partial charge in [0.05, 0.1) is 11.5 Å². The zero-order valence-corrected chi connectivity index (χ0v) is 15.7. The molecule has 0 aromatic carbocycles. The number of likely N-dealkylation sites (tertiary alicyclic amines) is 1. The van der Waals surface area contributed by atoms with Crippen LogP contribution in [0, 0.1) is 0 Å². The normalized spacial score (nSPS) is 25.8. The molecule has 3 heterocycles. The number of carbonyl (C=O) groups is 1. The molecule has 0 N–H and O–H groups in total. The number of aromatic nitrogens is 2. The molecule has 2 fully saturated rings. The zero-order chi connectivity index (χ0) is 18.0. The highest BCUT2D eigenvalue weighted by molar-refractivity contribution is 7.91. The van der Waals surface area contributed by atoms with Crippen molar-refractivity contribution in [1.29, 1.82) is 0 Å². The van der Waals surface area contributed by atoms with Crippen molar-refractivity contribution in [2.75, 3.05) is 30.0 Å². The second-order valence-corrected chi connectivity index (χ2v) is 9.23. The van der Waals surface area contributed by atoms with Crippen LogP contribution in [0.2, 0.25) is 0 Å². The Morgan fingerprint density at radius 1 is 1.28 bits per heavy atom. The zero-order valence-electron chi connectivity index (χ0n) is 14.9. The van der Waals surface area contributed by atoms with Crippen molar-refractivity contribution in [2.24, 2.45) is 0 Å². The molecule has 1 aromatic rings. The third-order valence-corrected chi connectivity index (χ3v) is 7.10. The van der Waals surface area contributed by atoms with Crippen LogP contribution in [0.25, 0.3) is 0 Å². The van der Waals surface area contributed by atoms with Crippen LogP contribution in [0.1, 0.15) is 49.5 Å². The average molecular weight is 366 g/mol. The molecule has 2 aliphatic heterocycles.